The fourth-order valence-corrected chi connectivity index (χ4v) is 1.84. The number of carbonyl (C=O) groups excluding carboxylic acids is 1. The van der Waals surface area contributed by atoms with Crippen molar-refractivity contribution in [1.82, 2.24) is 0 Å². The lowest BCUT2D eigenvalue weighted by atomic mass is 10.1. The molecule has 1 amide bonds. The molecule has 1 aliphatic rings. The minimum Gasteiger partial charge on any atom is -0.506 e. The first-order valence-electron chi connectivity index (χ1n) is 6.00. The Kier molecular flexibility index (Phi) is 3.66. The number of anilines is 1. The lowest BCUT2D eigenvalue weighted by molar-refractivity contribution is -0.384. The summed E-state index contributed by atoms with van der Waals surface area (Å²) in [6, 6.07) is 3.27. The van der Waals surface area contributed by atoms with Gasteiger partial charge >= 0.3 is 0 Å². The second-order valence-corrected chi connectivity index (χ2v) is 4.71. The third-order valence-electron chi connectivity index (χ3n) is 3.11. The molecule has 1 saturated carbocycles. The number of nitro benzene ring substituents is 1. The molecule has 0 heterocycles. The van der Waals surface area contributed by atoms with E-state index in [2.05, 4.69) is 5.32 Å². The first-order valence-corrected chi connectivity index (χ1v) is 6.00. The number of nitrogens with zero attached hydrogens (tertiary/aromatic N) is 1. The SMILES string of the molecule is NC(CC(=O)Nc1cc([N+](=O)[O-])ccc1O)C1CC1. The van der Waals surface area contributed by atoms with Gasteiger partial charge < -0.3 is 16.2 Å². The average molecular weight is 265 g/mol. The number of carbonyl (C=O) groups is 1. The van der Waals surface area contributed by atoms with E-state index in [1.807, 2.05) is 0 Å². The van der Waals surface area contributed by atoms with Crippen molar-refractivity contribution in [2.75, 3.05) is 5.32 Å². The highest BCUT2D eigenvalue weighted by molar-refractivity contribution is 5.93. The molecule has 1 aliphatic carbocycles. The number of hydrogen-bond donors (Lipinski definition) is 3. The second-order valence-electron chi connectivity index (χ2n) is 4.71. The number of hydrogen-bond acceptors (Lipinski definition) is 5. The minimum absolute atomic E-state index is 0.0298. The van der Waals surface area contributed by atoms with Gasteiger partial charge in [0, 0.05) is 24.6 Å². The maximum absolute atomic E-state index is 11.7. The third-order valence-corrected chi connectivity index (χ3v) is 3.11. The number of nitro groups is 1. The maximum atomic E-state index is 11.7. The molecule has 7 nitrogen and oxygen atoms in total. The highest BCUT2D eigenvalue weighted by Gasteiger charge is 2.30. The van der Waals surface area contributed by atoms with Crippen LogP contribution in [0.4, 0.5) is 11.4 Å². The zero-order valence-electron chi connectivity index (χ0n) is 10.2. The topological polar surface area (TPSA) is 118 Å². The summed E-state index contributed by atoms with van der Waals surface area (Å²) in [6.07, 6.45) is 2.22. The highest BCUT2D eigenvalue weighted by Crippen LogP contribution is 2.33. The molecule has 1 atom stereocenters. The number of aromatic hydroxyl groups is 1. The van der Waals surface area contributed by atoms with Crippen molar-refractivity contribution in [3.63, 3.8) is 0 Å². The summed E-state index contributed by atoms with van der Waals surface area (Å²) in [7, 11) is 0. The van der Waals surface area contributed by atoms with Crippen LogP contribution in [0.5, 0.6) is 5.75 Å². The zero-order chi connectivity index (χ0) is 14.0. The monoisotopic (exact) mass is 265 g/mol. The Labute approximate surface area is 109 Å². The van der Waals surface area contributed by atoms with Crippen LogP contribution in [0.2, 0.25) is 0 Å². The number of phenolic OH excluding ortho intramolecular Hbond substituents is 1. The number of phenols is 1. The molecular formula is C12H15N3O4. The van der Waals surface area contributed by atoms with Gasteiger partial charge in [-0.25, -0.2) is 0 Å². The van der Waals surface area contributed by atoms with E-state index in [1.54, 1.807) is 0 Å². The van der Waals surface area contributed by atoms with E-state index >= 15 is 0 Å². The third kappa shape index (κ3) is 3.41. The zero-order valence-corrected chi connectivity index (χ0v) is 10.2. The van der Waals surface area contributed by atoms with Gasteiger partial charge in [-0.3, -0.25) is 14.9 Å². The van der Waals surface area contributed by atoms with Crippen molar-refractivity contribution in [3.8, 4) is 5.75 Å². The predicted octanol–water partition coefficient (Wildman–Crippen LogP) is 1.37. The lowest BCUT2D eigenvalue weighted by Gasteiger charge is -2.11. The fraction of sp³-hybridized carbons (Fsp3) is 0.417. The van der Waals surface area contributed by atoms with E-state index in [0.29, 0.717) is 5.92 Å². The number of rotatable bonds is 5. The number of benzene rings is 1. The smallest absolute Gasteiger partial charge is 0.271 e. The van der Waals surface area contributed by atoms with Crippen molar-refractivity contribution in [2.24, 2.45) is 11.7 Å². The summed E-state index contributed by atoms with van der Waals surface area (Å²) in [4.78, 5) is 21.7. The van der Waals surface area contributed by atoms with Gasteiger partial charge in [0.05, 0.1) is 10.6 Å². The van der Waals surface area contributed by atoms with Gasteiger partial charge in [-0.1, -0.05) is 0 Å². The molecule has 1 aromatic carbocycles. The van der Waals surface area contributed by atoms with Gasteiger partial charge in [-0.15, -0.1) is 0 Å². The van der Waals surface area contributed by atoms with E-state index in [9.17, 15) is 20.0 Å². The summed E-state index contributed by atoms with van der Waals surface area (Å²) in [5.74, 6) is -0.168. The molecule has 0 saturated heterocycles. The van der Waals surface area contributed by atoms with Crippen molar-refractivity contribution >= 4 is 17.3 Å². The Bertz CT molecular complexity index is 514. The summed E-state index contributed by atoms with van der Waals surface area (Å²) in [6.45, 7) is 0. The molecule has 1 aromatic rings. The maximum Gasteiger partial charge on any atom is 0.271 e. The Hall–Kier alpha value is -2.15. The van der Waals surface area contributed by atoms with Crippen molar-refractivity contribution in [3.05, 3.63) is 28.3 Å². The molecule has 0 radical (unpaired) electrons. The molecule has 19 heavy (non-hydrogen) atoms. The summed E-state index contributed by atoms with van der Waals surface area (Å²) < 4.78 is 0. The van der Waals surface area contributed by atoms with Gasteiger partial charge in [0.25, 0.3) is 5.69 Å². The average Bonchev–Trinajstić information content (AvgIpc) is 3.15. The van der Waals surface area contributed by atoms with E-state index in [0.717, 1.165) is 18.9 Å². The Balaban J connectivity index is 2.02. The molecule has 102 valence electrons. The fourth-order valence-electron chi connectivity index (χ4n) is 1.84. The van der Waals surface area contributed by atoms with E-state index in [4.69, 9.17) is 5.73 Å². The van der Waals surface area contributed by atoms with E-state index in [1.165, 1.54) is 12.1 Å². The second kappa shape index (κ2) is 5.23. The first-order chi connectivity index (χ1) is 8.97. The molecule has 1 unspecified atom stereocenters. The molecule has 0 bridgehead atoms. The number of amides is 1. The Morgan fingerprint density at radius 2 is 2.26 bits per heavy atom. The van der Waals surface area contributed by atoms with E-state index in [-0.39, 0.29) is 35.5 Å². The molecule has 0 aliphatic heterocycles. The van der Waals surface area contributed by atoms with Crippen LogP contribution in [-0.4, -0.2) is 22.0 Å². The molecule has 7 heteroatoms. The minimum atomic E-state index is -0.592. The van der Waals surface area contributed by atoms with Gasteiger partial charge in [0.2, 0.25) is 5.91 Å². The van der Waals surface area contributed by atoms with Gasteiger partial charge in [-0.2, -0.15) is 0 Å². The van der Waals surface area contributed by atoms with Crippen LogP contribution in [0.25, 0.3) is 0 Å². The summed E-state index contributed by atoms with van der Waals surface area (Å²) in [5, 5.41) is 22.6. The van der Waals surface area contributed by atoms with Crippen LogP contribution in [0, 0.1) is 16.0 Å². The van der Waals surface area contributed by atoms with Crippen LogP contribution in [-0.2, 0) is 4.79 Å². The predicted molar refractivity (Wildman–Crippen MR) is 68.7 cm³/mol. The van der Waals surface area contributed by atoms with Crippen LogP contribution in [0.1, 0.15) is 19.3 Å². The quantitative estimate of drug-likeness (QED) is 0.422. The van der Waals surface area contributed by atoms with Crippen molar-refractivity contribution < 1.29 is 14.8 Å². The van der Waals surface area contributed by atoms with Gasteiger partial charge in [-0.05, 0) is 24.8 Å². The lowest BCUT2D eigenvalue weighted by Crippen LogP contribution is -2.28. The normalized spacial score (nSPS) is 15.8. The largest absolute Gasteiger partial charge is 0.506 e. The molecular weight excluding hydrogens is 250 g/mol. The van der Waals surface area contributed by atoms with Gasteiger partial charge in [0.1, 0.15) is 5.75 Å². The number of nitrogens with one attached hydrogen (secondary N) is 1. The van der Waals surface area contributed by atoms with Crippen LogP contribution < -0.4 is 11.1 Å². The highest BCUT2D eigenvalue weighted by atomic mass is 16.6. The molecule has 0 aromatic heterocycles. The number of nitrogens with two attached hydrogens (primary N) is 1. The Morgan fingerprint density at radius 1 is 1.58 bits per heavy atom. The van der Waals surface area contributed by atoms with Crippen LogP contribution in [0.15, 0.2) is 18.2 Å². The molecule has 2 rings (SSSR count). The first kappa shape index (κ1) is 13.3. The Morgan fingerprint density at radius 3 is 2.84 bits per heavy atom. The van der Waals surface area contributed by atoms with Gasteiger partial charge in [0.15, 0.2) is 0 Å². The molecule has 1 fully saturated rings. The van der Waals surface area contributed by atoms with Crippen molar-refractivity contribution in [2.45, 2.75) is 25.3 Å². The molecule has 0 spiro atoms. The van der Waals surface area contributed by atoms with Crippen molar-refractivity contribution in [1.29, 1.82) is 0 Å². The molecule has 4 N–H and O–H groups in total. The van der Waals surface area contributed by atoms with Crippen LogP contribution >= 0.6 is 0 Å². The summed E-state index contributed by atoms with van der Waals surface area (Å²) >= 11 is 0. The van der Waals surface area contributed by atoms with E-state index < -0.39 is 4.92 Å². The van der Waals surface area contributed by atoms with Crippen LogP contribution in [0.3, 0.4) is 0 Å². The number of non-ortho nitro benzene ring substituents is 1. The summed E-state index contributed by atoms with van der Waals surface area (Å²) in [5.41, 5.74) is 5.65. The standard InChI is InChI=1S/C12H15N3O4/c13-9(7-1-2-7)6-12(17)14-10-5-8(15(18)19)3-4-11(10)16/h3-5,7,9,16H,1-2,6,13H2,(H,14,17).